The van der Waals surface area contributed by atoms with E-state index in [9.17, 15) is 0 Å². The summed E-state index contributed by atoms with van der Waals surface area (Å²) in [6.45, 7) is 6.94. The van der Waals surface area contributed by atoms with E-state index in [4.69, 9.17) is 10.7 Å². The quantitative estimate of drug-likeness (QED) is 0.814. The summed E-state index contributed by atoms with van der Waals surface area (Å²) in [5.41, 5.74) is 9.01. The fourth-order valence-corrected chi connectivity index (χ4v) is 3.08. The minimum atomic E-state index is 0.508. The zero-order valence-electron chi connectivity index (χ0n) is 12.8. The molecule has 0 spiro atoms. The summed E-state index contributed by atoms with van der Waals surface area (Å²) in [5.74, 6) is 2.70. The number of imidazole rings is 1. The standard InChI is InChI=1S/C17H25N3/c1-4-11(2)9-12(3)20-16-8-7-14(18)10-15(16)19-17(20)13-5-6-13/h7-8,10-13H,4-6,9,18H2,1-3H3. The Morgan fingerprint density at radius 2 is 2.10 bits per heavy atom. The maximum atomic E-state index is 5.90. The molecule has 0 amide bonds. The Morgan fingerprint density at radius 3 is 2.75 bits per heavy atom. The fraction of sp³-hybridized carbons (Fsp3) is 0.588. The first kappa shape index (κ1) is 13.5. The maximum absolute atomic E-state index is 5.90. The number of fused-ring (bicyclic) bond motifs is 1. The van der Waals surface area contributed by atoms with Crippen molar-refractivity contribution in [3.63, 3.8) is 0 Å². The first-order valence-corrected chi connectivity index (χ1v) is 7.87. The van der Waals surface area contributed by atoms with Gasteiger partial charge >= 0.3 is 0 Å². The number of hydrogen-bond acceptors (Lipinski definition) is 2. The highest BCUT2D eigenvalue weighted by atomic mass is 15.1. The highest BCUT2D eigenvalue weighted by Gasteiger charge is 2.31. The zero-order valence-corrected chi connectivity index (χ0v) is 12.8. The molecule has 1 aliphatic rings. The third-order valence-electron chi connectivity index (χ3n) is 4.56. The molecule has 2 unspecified atom stereocenters. The summed E-state index contributed by atoms with van der Waals surface area (Å²) >= 11 is 0. The summed E-state index contributed by atoms with van der Waals surface area (Å²) in [6, 6.07) is 6.64. The van der Waals surface area contributed by atoms with E-state index < -0.39 is 0 Å². The van der Waals surface area contributed by atoms with Crippen molar-refractivity contribution in [1.82, 2.24) is 9.55 Å². The maximum Gasteiger partial charge on any atom is 0.113 e. The first-order valence-electron chi connectivity index (χ1n) is 7.87. The van der Waals surface area contributed by atoms with Crippen LogP contribution >= 0.6 is 0 Å². The van der Waals surface area contributed by atoms with Gasteiger partial charge < -0.3 is 10.3 Å². The molecule has 3 rings (SSSR count). The lowest BCUT2D eigenvalue weighted by molar-refractivity contribution is 0.397. The van der Waals surface area contributed by atoms with Gasteiger partial charge in [0, 0.05) is 17.6 Å². The van der Waals surface area contributed by atoms with Crippen LogP contribution in [-0.2, 0) is 0 Å². The molecule has 2 N–H and O–H groups in total. The molecular weight excluding hydrogens is 246 g/mol. The van der Waals surface area contributed by atoms with Gasteiger partial charge in [-0.25, -0.2) is 4.98 Å². The Bertz CT molecular complexity index is 610. The molecule has 1 aliphatic carbocycles. The third-order valence-corrected chi connectivity index (χ3v) is 4.56. The van der Waals surface area contributed by atoms with Crippen LogP contribution in [0.5, 0.6) is 0 Å². The van der Waals surface area contributed by atoms with Gasteiger partial charge in [0.25, 0.3) is 0 Å². The normalized spacial score (nSPS) is 18.4. The van der Waals surface area contributed by atoms with Gasteiger partial charge in [-0.05, 0) is 50.3 Å². The number of aromatic nitrogens is 2. The van der Waals surface area contributed by atoms with Gasteiger partial charge in [-0.15, -0.1) is 0 Å². The molecule has 1 heterocycles. The molecule has 108 valence electrons. The molecule has 0 aliphatic heterocycles. The predicted octanol–water partition coefficient (Wildman–Crippen LogP) is 4.49. The van der Waals surface area contributed by atoms with Crippen molar-refractivity contribution in [2.75, 3.05) is 5.73 Å². The molecule has 3 heteroatoms. The van der Waals surface area contributed by atoms with E-state index in [0.717, 1.165) is 17.1 Å². The highest BCUT2D eigenvalue weighted by Crippen LogP contribution is 2.42. The third kappa shape index (κ3) is 2.41. The van der Waals surface area contributed by atoms with E-state index in [0.29, 0.717) is 12.0 Å². The Hall–Kier alpha value is -1.51. The van der Waals surface area contributed by atoms with Crippen LogP contribution in [0.2, 0.25) is 0 Å². The molecule has 0 bridgehead atoms. The van der Waals surface area contributed by atoms with Crippen molar-refractivity contribution in [1.29, 1.82) is 0 Å². The number of hydrogen-bond donors (Lipinski definition) is 1. The van der Waals surface area contributed by atoms with Crippen molar-refractivity contribution < 1.29 is 0 Å². The van der Waals surface area contributed by atoms with Crippen molar-refractivity contribution >= 4 is 16.7 Å². The molecule has 20 heavy (non-hydrogen) atoms. The largest absolute Gasteiger partial charge is 0.399 e. The SMILES string of the molecule is CCC(C)CC(C)n1c(C2CC2)nc2cc(N)ccc21. The number of anilines is 1. The number of benzene rings is 1. The molecule has 2 aromatic rings. The van der Waals surface area contributed by atoms with Gasteiger partial charge in [-0.2, -0.15) is 0 Å². The van der Waals surface area contributed by atoms with Gasteiger partial charge in [0.2, 0.25) is 0 Å². The molecule has 1 aromatic carbocycles. The van der Waals surface area contributed by atoms with E-state index >= 15 is 0 Å². The monoisotopic (exact) mass is 271 g/mol. The molecule has 1 fully saturated rings. The summed E-state index contributed by atoms with van der Waals surface area (Å²) in [6.07, 6.45) is 5.03. The van der Waals surface area contributed by atoms with Crippen molar-refractivity contribution in [3.8, 4) is 0 Å². The zero-order chi connectivity index (χ0) is 14.3. The van der Waals surface area contributed by atoms with Crippen LogP contribution in [-0.4, -0.2) is 9.55 Å². The number of nitrogens with two attached hydrogens (primary N) is 1. The summed E-state index contributed by atoms with van der Waals surface area (Å²) < 4.78 is 2.47. The van der Waals surface area contributed by atoms with E-state index in [1.165, 1.54) is 37.0 Å². The topological polar surface area (TPSA) is 43.8 Å². The molecular formula is C17H25N3. The summed E-state index contributed by atoms with van der Waals surface area (Å²) in [4.78, 5) is 4.87. The van der Waals surface area contributed by atoms with E-state index in [-0.39, 0.29) is 0 Å². The van der Waals surface area contributed by atoms with E-state index in [1.54, 1.807) is 0 Å². The second-order valence-electron chi connectivity index (χ2n) is 6.46. The van der Waals surface area contributed by atoms with Crippen LogP contribution in [0.25, 0.3) is 11.0 Å². The lowest BCUT2D eigenvalue weighted by Gasteiger charge is -2.20. The van der Waals surface area contributed by atoms with E-state index in [1.807, 2.05) is 12.1 Å². The van der Waals surface area contributed by atoms with Crippen LogP contribution in [0.4, 0.5) is 5.69 Å². The molecule has 1 aromatic heterocycles. The lowest BCUT2D eigenvalue weighted by Crippen LogP contribution is -2.12. The van der Waals surface area contributed by atoms with Crippen LogP contribution in [0, 0.1) is 5.92 Å². The van der Waals surface area contributed by atoms with Gasteiger partial charge in [-0.1, -0.05) is 20.3 Å². The number of rotatable bonds is 5. The van der Waals surface area contributed by atoms with Crippen LogP contribution in [0.3, 0.4) is 0 Å². The van der Waals surface area contributed by atoms with Crippen molar-refractivity contribution in [2.45, 2.75) is 58.4 Å². The Balaban J connectivity index is 2.04. The van der Waals surface area contributed by atoms with Crippen molar-refractivity contribution in [2.24, 2.45) is 5.92 Å². The molecule has 3 nitrogen and oxygen atoms in total. The fourth-order valence-electron chi connectivity index (χ4n) is 3.08. The van der Waals surface area contributed by atoms with E-state index in [2.05, 4.69) is 31.4 Å². The van der Waals surface area contributed by atoms with Crippen LogP contribution < -0.4 is 5.73 Å². The lowest BCUT2D eigenvalue weighted by atomic mass is 10.00. The second kappa shape index (κ2) is 5.12. The summed E-state index contributed by atoms with van der Waals surface area (Å²) in [7, 11) is 0. The Kier molecular flexibility index (Phi) is 3.45. The van der Waals surface area contributed by atoms with Gasteiger partial charge in [0.1, 0.15) is 5.82 Å². The van der Waals surface area contributed by atoms with Gasteiger partial charge in [0.05, 0.1) is 11.0 Å². The van der Waals surface area contributed by atoms with Gasteiger partial charge in [0.15, 0.2) is 0 Å². The molecule has 0 saturated heterocycles. The van der Waals surface area contributed by atoms with Crippen molar-refractivity contribution in [3.05, 3.63) is 24.0 Å². The minimum Gasteiger partial charge on any atom is -0.399 e. The molecule has 0 radical (unpaired) electrons. The highest BCUT2D eigenvalue weighted by molar-refractivity contribution is 5.80. The minimum absolute atomic E-state index is 0.508. The number of nitrogens with zero attached hydrogens (tertiary/aromatic N) is 2. The number of nitrogen functional groups attached to an aromatic ring is 1. The van der Waals surface area contributed by atoms with Gasteiger partial charge in [-0.3, -0.25) is 0 Å². The summed E-state index contributed by atoms with van der Waals surface area (Å²) in [5, 5.41) is 0. The Morgan fingerprint density at radius 1 is 1.35 bits per heavy atom. The molecule has 2 atom stereocenters. The smallest absolute Gasteiger partial charge is 0.113 e. The molecule has 1 saturated carbocycles. The average Bonchev–Trinajstić information content (AvgIpc) is 3.19. The second-order valence-corrected chi connectivity index (χ2v) is 6.46. The first-order chi connectivity index (χ1) is 9.60. The van der Waals surface area contributed by atoms with Crippen LogP contribution in [0.1, 0.15) is 64.2 Å². The predicted molar refractivity (Wildman–Crippen MR) is 84.9 cm³/mol. The Labute approximate surface area is 121 Å². The average molecular weight is 271 g/mol. The van der Waals surface area contributed by atoms with Crippen LogP contribution in [0.15, 0.2) is 18.2 Å².